The number of benzene rings is 1. The molecule has 4 atom stereocenters. The third kappa shape index (κ3) is 5.98. The van der Waals surface area contributed by atoms with Crippen LogP contribution < -0.4 is 5.32 Å². The van der Waals surface area contributed by atoms with Crippen LogP contribution in [0.4, 0.5) is 11.5 Å². The molecule has 10 nitrogen and oxygen atoms in total. The minimum absolute atomic E-state index is 0.0287. The highest BCUT2D eigenvalue weighted by atomic mass is 16.6. The molecule has 0 spiro atoms. The van der Waals surface area contributed by atoms with Gasteiger partial charge in [-0.3, -0.25) is 20.0 Å². The molecule has 3 aliphatic carbocycles. The molecule has 2 N–H and O–H groups in total. The van der Waals surface area contributed by atoms with Gasteiger partial charge in [-0.2, -0.15) is 10.4 Å². The van der Waals surface area contributed by atoms with E-state index in [-0.39, 0.29) is 17.7 Å². The third-order valence-corrected chi connectivity index (χ3v) is 6.89. The summed E-state index contributed by atoms with van der Waals surface area (Å²) in [6, 6.07) is 10.8. The molecule has 188 valence electrons. The Kier molecular flexibility index (Phi) is 8.13. The Balaban J connectivity index is 0.000000214. The number of nitro groups is 1. The normalized spacial score (nSPS) is 24.1. The molecule has 0 radical (unpaired) electrons. The molecule has 2 aromatic rings. The maximum Gasteiger partial charge on any atom is 0.293 e. The Morgan fingerprint density at radius 3 is 2.83 bits per heavy atom. The van der Waals surface area contributed by atoms with Gasteiger partial charge in [0.2, 0.25) is 0 Å². The van der Waals surface area contributed by atoms with Crippen LogP contribution in [0, 0.1) is 21.4 Å². The first-order valence-electron chi connectivity index (χ1n) is 12.0. The van der Waals surface area contributed by atoms with Crippen molar-refractivity contribution in [2.75, 3.05) is 12.4 Å². The fourth-order valence-corrected chi connectivity index (χ4v) is 4.91. The van der Waals surface area contributed by atoms with Gasteiger partial charge in [0.05, 0.1) is 23.0 Å². The number of nitrogens with one attached hydrogen (secondary N) is 2. The molecule has 0 saturated heterocycles. The van der Waals surface area contributed by atoms with Crippen LogP contribution in [0.15, 0.2) is 48.2 Å². The highest BCUT2D eigenvalue weighted by Crippen LogP contribution is 2.37. The Bertz CT molecular complexity index is 1200. The predicted molar refractivity (Wildman–Crippen MR) is 132 cm³/mol. The van der Waals surface area contributed by atoms with Crippen LogP contribution in [0.3, 0.4) is 0 Å². The summed E-state index contributed by atoms with van der Waals surface area (Å²) in [6.07, 6.45) is 9.88. The Morgan fingerprint density at radius 1 is 1.31 bits per heavy atom. The fourth-order valence-electron chi connectivity index (χ4n) is 4.91. The van der Waals surface area contributed by atoms with Crippen molar-refractivity contribution in [1.29, 1.82) is 5.26 Å². The van der Waals surface area contributed by atoms with Crippen molar-refractivity contribution < 1.29 is 19.2 Å². The van der Waals surface area contributed by atoms with E-state index >= 15 is 0 Å². The molecule has 1 aromatic carbocycles. The van der Waals surface area contributed by atoms with Gasteiger partial charge >= 0.3 is 0 Å². The molecular weight excluding hydrogens is 462 g/mol. The number of hydrogen-bond acceptors (Lipinski definition) is 8. The molecule has 10 heteroatoms. The lowest BCUT2D eigenvalue weighted by atomic mass is 10.0. The smallest absolute Gasteiger partial charge is 0.293 e. The molecule has 0 bridgehead atoms. The number of methoxy groups -OCH3 is 1. The number of aromatic nitrogens is 2. The molecule has 1 heterocycles. The summed E-state index contributed by atoms with van der Waals surface area (Å²) in [6.45, 7) is 0.333. The molecule has 1 aromatic heterocycles. The van der Waals surface area contributed by atoms with Crippen LogP contribution in [-0.4, -0.2) is 40.9 Å². The van der Waals surface area contributed by atoms with Crippen LogP contribution >= 0.6 is 0 Å². The number of allylic oxidation sites excluding steroid dienone is 1. The summed E-state index contributed by atoms with van der Waals surface area (Å²) in [4.78, 5) is 19.6. The number of rotatable bonds is 7. The van der Waals surface area contributed by atoms with Crippen molar-refractivity contribution in [3.63, 3.8) is 0 Å². The summed E-state index contributed by atoms with van der Waals surface area (Å²) in [5, 5.41) is 30.4. The van der Waals surface area contributed by atoms with Gasteiger partial charge in [-0.25, -0.2) is 0 Å². The molecule has 1 fully saturated rings. The first-order chi connectivity index (χ1) is 17.5. The van der Waals surface area contributed by atoms with Crippen LogP contribution in [0.25, 0.3) is 0 Å². The van der Waals surface area contributed by atoms with E-state index in [1.54, 1.807) is 7.11 Å². The van der Waals surface area contributed by atoms with Gasteiger partial charge in [-0.05, 0) is 67.5 Å². The highest BCUT2D eigenvalue weighted by Gasteiger charge is 2.27. The molecule has 1 saturated carbocycles. The summed E-state index contributed by atoms with van der Waals surface area (Å²) in [5.41, 5.74) is 4.67. The SMILES string of the molecule is COC1CCC(c2cc(Nc3ccc4c(c3)C(C#N)CC4)n[nH]2)C1.O=COC1C=CC([N+](=O)[O-])=CC1. The van der Waals surface area contributed by atoms with Crippen molar-refractivity contribution in [2.24, 2.45) is 0 Å². The highest BCUT2D eigenvalue weighted by molar-refractivity contribution is 5.60. The molecule has 4 unspecified atom stereocenters. The molecule has 3 aliphatic rings. The second kappa shape index (κ2) is 11.6. The van der Waals surface area contributed by atoms with E-state index in [4.69, 9.17) is 4.74 Å². The average molecular weight is 492 g/mol. The predicted octanol–water partition coefficient (Wildman–Crippen LogP) is 4.64. The Morgan fingerprint density at radius 2 is 2.17 bits per heavy atom. The number of nitrogens with zero attached hydrogens (tertiary/aromatic N) is 3. The first-order valence-corrected chi connectivity index (χ1v) is 12.0. The van der Waals surface area contributed by atoms with E-state index in [9.17, 15) is 20.2 Å². The van der Waals surface area contributed by atoms with Crippen molar-refractivity contribution in [3.05, 3.63) is 75.1 Å². The molecule has 36 heavy (non-hydrogen) atoms. The third-order valence-electron chi connectivity index (χ3n) is 6.89. The van der Waals surface area contributed by atoms with E-state index in [1.165, 1.54) is 29.5 Å². The van der Waals surface area contributed by atoms with Gasteiger partial charge < -0.3 is 14.8 Å². The van der Waals surface area contributed by atoms with Gasteiger partial charge in [-0.1, -0.05) is 6.07 Å². The number of nitriles is 1. The van der Waals surface area contributed by atoms with E-state index in [2.05, 4.69) is 50.6 Å². The number of carbonyl (C=O) groups excluding carboxylic acids is 1. The van der Waals surface area contributed by atoms with Crippen LogP contribution in [-0.2, 0) is 20.7 Å². The number of hydrogen-bond donors (Lipinski definition) is 2. The number of carbonyl (C=O) groups is 1. The van der Waals surface area contributed by atoms with Gasteiger partial charge in [-0.15, -0.1) is 0 Å². The summed E-state index contributed by atoms with van der Waals surface area (Å²) >= 11 is 0. The second-order valence-electron chi connectivity index (χ2n) is 9.09. The molecule has 0 aliphatic heterocycles. The van der Waals surface area contributed by atoms with Crippen molar-refractivity contribution >= 4 is 18.0 Å². The maximum atomic E-state index is 10.2. The standard InChI is InChI=1S/C19H22N4O.C7H7NO4/c1-24-16-7-5-13(8-16)18-10-19(23-22-18)21-15-6-4-12-2-3-14(11-20)17(12)9-15;9-5-12-7-3-1-6(2-4-7)8(10)11/h4,6,9-10,13-14,16H,2-3,5,7-8H2,1H3,(H2,21,22,23);1-3,5,7H,4H2. The number of aromatic amines is 1. The number of anilines is 2. The summed E-state index contributed by atoms with van der Waals surface area (Å²) < 4.78 is 10.0. The second-order valence-corrected chi connectivity index (χ2v) is 9.09. The number of H-pyrrole nitrogens is 1. The zero-order chi connectivity index (χ0) is 25.5. The average Bonchev–Trinajstić information content (AvgIpc) is 3.64. The maximum absolute atomic E-state index is 10.2. The Hall–Kier alpha value is -3.97. The lowest BCUT2D eigenvalue weighted by Crippen LogP contribution is -2.12. The van der Waals surface area contributed by atoms with E-state index in [0.29, 0.717) is 24.9 Å². The molecule has 5 rings (SSSR count). The number of aryl methyl sites for hydroxylation is 1. The zero-order valence-corrected chi connectivity index (χ0v) is 20.1. The van der Waals surface area contributed by atoms with Crippen molar-refractivity contribution in [2.45, 2.75) is 62.6 Å². The first kappa shape index (κ1) is 25.1. The quantitative estimate of drug-likeness (QED) is 0.324. The topological polar surface area (TPSA) is 143 Å². The minimum Gasteiger partial charge on any atom is -0.460 e. The lowest BCUT2D eigenvalue weighted by molar-refractivity contribution is -0.419. The van der Waals surface area contributed by atoms with Crippen molar-refractivity contribution in [3.8, 4) is 6.07 Å². The van der Waals surface area contributed by atoms with E-state index in [1.807, 2.05) is 0 Å². The van der Waals surface area contributed by atoms with Gasteiger partial charge in [0.1, 0.15) is 6.10 Å². The molecule has 0 amide bonds. The lowest BCUT2D eigenvalue weighted by Gasteiger charge is -2.09. The monoisotopic (exact) mass is 491 g/mol. The van der Waals surface area contributed by atoms with Crippen LogP contribution in [0.2, 0.25) is 0 Å². The van der Waals surface area contributed by atoms with Gasteiger partial charge in [0, 0.05) is 43.0 Å². The van der Waals surface area contributed by atoms with Gasteiger partial charge in [0.15, 0.2) is 5.82 Å². The van der Waals surface area contributed by atoms with E-state index < -0.39 is 4.92 Å². The van der Waals surface area contributed by atoms with Gasteiger partial charge in [0.25, 0.3) is 12.2 Å². The van der Waals surface area contributed by atoms with Crippen LogP contribution in [0.5, 0.6) is 0 Å². The summed E-state index contributed by atoms with van der Waals surface area (Å²) in [7, 11) is 1.79. The summed E-state index contributed by atoms with van der Waals surface area (Å²) in [5.74, 6) is 1.36. The van der Waals surface area contributed by atoms with E-state index in [0.717, 1.165) is 49.2 Å². The minimum atomic E-state index is -0.479. The zero-order valence-electron chi connectivity index (χ0n) is 20.1. The number of fused-ring (bicyclic) bond motifs is 1. The number of ether oxygens (including phenoxy) is 2. The Labute approximate surface area is 209 Å². The molecular formula is C26H29N5O5. The van der Waals surface area contributed by atoms with Crippen molar-refractivity contribution in [1.82, 2.24) is 10.2 Å². The largest absolute Gasteiger partial charge is 0.460 e. The fraction of sp³-hybridized carbons (Fsp3) is 0.423. The van der Waals surface area contributed by atoms with Crippen LogP contribution in [0.1, 0.15) is 60.8 Å².